The van der Waals surface area contributed by atoms with Crippen molar-refractivity contribution in [3.05, 3.63) is 32.9 Å². The number of aliphatic carboxylic acids is 2. The van der Waals surface area contributed by atoms with Crippen LogP contribution in [-0.4, -0.2) is 37.8 Å². The Balaban J connectivity index is 2.80. The lowest BCUT2D eigenvalue weighted by Crippen LogP contribution is -2.52. The molecule has 0 saturated carbocycles. The van der Waals surface area contributed by atoms with Crippen molar-refractivity contribution >= 4 is 11.9 Å². The van der Waals surface area contributed by atoms with Crippen molar-refractivity contribution in [3.63, 3.8) is 0 Å². The summed E-state index contributed by atoms with van der Waals surface area (Å²) in [6.45, 7) is 4.52. The van der Waals surface area contributed by atoms with E-state index in [1.165, 1.54) is 6.92 Å². The number of aromatic amines is 1. The predicted molar refractivity (Wildman–Crippen MR) is 81.6 cm³/mol. The van der Waals surface area contributed by atoms with Gasteiger partial charge in [-0.15, -0.1) is 0 Å². The Hall–Kier alpha value is -2.49. The molecule has 1 aromatic rings. The smallest absolute Gasteiger partial charge is 0.334 e. The molecule has 10 heteroatoms. The highest BCUT2D eigenvalue weighted by Gasteiger charge is 2.69. The van der Waals surface area contributed by atoms with Gasteiger partial charge in [0.1, 0.15) is 11.6 Å². The molecule has 25 heavy (non-hydrogen) atoms. The van der Waals surface area contributed by atoms with Crippen LogP contribution in [-0.2, 0) is 14.3 Å². The highest BCUT2D eigenvalue weighted by Crippen LogP contribution is 2.61. The number of ether oxygens (including phenoxy) is 1. The minimum absolute atomic E-state index is 0.147. The topological polar surface area (TPSA) is 139 Å². The van der Waals surface area contributed by atoms with E-state index in [2.05, 4.69) is 0 Å². The molecule has 1 saturated heterocycles. The molecule has 3 N–H and O–H groups in total. The van der Waals surface area contributed by atoms with Crippen LogP contribution in [0.4, 0.5) is 4.39 Å². The Bertz CT molecular complexity index is 826. The molecule has 0 aromatic carbocycles. The lowest BCUT2D eigenvalue weighted by atomic mass is 9.59. The number of hydrogen-bond acceptors (Lipinski definition) is 5. The number of H-pyrrole nitrogens is 1. The van der Waals surface area contributed by atoms with Gasteiger partial charge < -0.3 is 14.9 Å². The average Bonchev–Trinajstić information content (AvgIpc) is 2.81. The number of aromatic nitrogens is 2. The molecule has 138 valence electrons. The molecule has 1 aliphatic heterocycles. The first kappa shape index (κ1) is 18.8. The van der Waals surface area contributed by atoms with Crippen LogP contribution in [0.1, 0.15) is 39.8 Å². The summed E-state index contributed by atoms with van der Waals surface area (Å²) in [5.74, 6) is -4.17. The van der Waals surface area contributed by atoms with Gasteiger partial charge in [0, 0.05) is 5.41 Å². The Morgan fingerprint density at radius 1 is 1.32 bits per heavy atom. The summed E-state index contributed by atoms with van der Waals surface area (Å²) < 4.78 is 19.9. The largest absolute Gasteiger partial charge is 0.481 e. The lowest BCUT2D eigenvalue weighted by Gasteiger charge is -2.42. The second-order valence-electron chi connectivity index (χ2n) is 6.22. The van der Waals surface area contributed by atoms with Crippen LogP contribution < -0.4 is 11.2 Å². The van der Waals surface area contributed by atoms with Crippen molar-refractivity contribution in [2.24, 2.45) is 10.8 Å². The normalized spacial score (nSPS) is 28.0. The Morgan fingerprint density at radius 2 is 1.88 bits per heavy atom. The Morgan fingerprint density at radius 3 is 2.32 bits per heavy atom. The first-order valence-corrected chi connectivity index (χ1v) is 7.69. The molecule has 2 rings (SSSR count). The highest BCUT2D eigenvalue weighted by atomic mass is 19.1. The van der Waals surface area contributed by atoms with Crippen molar-refractivity contribution < 1.29 is 28.9 Å². The average molecular weight is 358 g/mol. The molecule has 1 unspecified atom stereocenters. The van der Waals surface area contributed by atoms with Gasteiger partial charge in [-0.25, -0.2) is 9.59 Å². The van der Waals surface area contributed by atoms with Crippen LogP contribution in [0.3, 0.4) is 0 Å². The maximum Gasteiger partial charge on any atom is 0.334 e. The lowest BCUT2D eigenvalue weighted by molar-refractivity contribution is -0.168. The maximum absolute atomic E-state index is 13.7. The fourth-order valence-corrected chi connectivity index (χ4v) is 3.84. The van der Waals surface area contributed by atoms with Gasteiger partial charge in [0.2, 0.25) is 5.82 Å². The fourth-order valence-electron chi connectivity index (χ4n) is 3.84. The van der Waals surface area contributed by atoms with E-state index in [0.717, 1.165) is 0 Å². The Labute approximate surface area is 141 Å². The van der Waals surface area contributed by atoms with E-state index >= 15 is 0 Å². The first-order valence-electron chi connectivity index (χ1n) is 7.69. The van der Waals surface area contributed by atoms with E-state index < -0.39 is 52.2 Å². The molecule has 0 spiro atoms. The van der Waals surface area contributed by atoms with Crippen molar-refractivity contribution in [1.29, 1.82) is 0 Å². The van der Waals surface area contributed by atoms with E-state index in [-0.39, 0.29) is 12.8 Å². The third-order valence-corrected chi connectivity index (χ3v) is 5.40. The molecule has 1 aromatic heterocycles. The van der Waals surface area contributed by atoms with E-state index in [9.17, 15) is 33.8 Å². The van der Waals surface area contributed by atoms with Gasteiger partial charge in [0.25, 0.3) is 5.56 Å². The molecule has 1 fully saturated rings. The van der Waals surface area contributed by atoms with Crippen LogP contribution in [0, 0.1) is 16.6 Å². The molecule has 0 bridgehead atoms. The van der Waals surface area contributed by atoms with Gasteiger partial charge in [-0.05, 0) is 19.8 Å². The molecule has 9 nitrogen and oxygen atoms in total. The summed E-state index contributed by atoms with van der Waals surface area (Å²) >= 11 is 0. The van der Waals surface area contributed by atoms with Gasteiger partial charge in [0.15, 0.2) is 6.10 Å². The zero-order chi connectivity index (χ0) is 19.2. The molecule has 1 aliphatic rings. The maximum atomic E-state index is 13.7. The van der Waals surface area contributed by atoms with Crippen LogP contribution in [0.2, 0.25) is 0 Å². The summed E-state index contributed by atoms with van der Waals surface area (Å²) in [6.07, 6.45) is -2.22. The van der Waals surface area contributed by atoms with E-state index in [4.69, 9.17) is 4.74 Å². The number of nitrogens with zero attached hydrogens (tertiary/aromatic N) is 1. The van der Waals surface area contributed by atoms with Crippen LogP contribution in [0.5, 0.6) is 0 Å². The second kappa shape index (κ2) is 6.10. The van der Waals surface area contributed by atoms with Crippen molar-refractivity contribution in [2.45, 2.75) is 45.9 Å². The third kappa shape index (κ3) is 2.39. The van der Waals surface area contributed by atoms with E-state index in [1.54, 1.807) is 18.8 Å². The monoisotopic (exact) mass is 358 g/mol. The number of carboxylic acid groups (broad SMARTS) is 2. The molecule has 0 radical (unpaired) electrons. The van der Waals surface area contributed by atoms with E-state index in [1.807, 2.05) is 0 Å². The molecule has 0 aliphatic carbocycles. The zero-order valence-corrected chi connectivity index (χ0v) is 13.9. The molecule has 3 atom stereocenters. The summed E-state index contributed by atoms with van der Waals surface area (Å²) in [4.78, 5) is 48.7. The zero-order valence-electron chi connectivity index (χ0n) is 13.9. The van der Waals surface area contributed by atoms with Crippen LogP contribution in [0.25, 0.3) is 0 Å². The number of carbonyl (C=O) groups is 2. The van der Waals surface area contributed by atoms with Crippen molar-refractivity contribution in [3.8, 4) is 0 Å². The van der Waals surface area contributed by atoms with Crippen LogP contribution >= 0.6 is 0 Å². The number of nitrogens with one attached hydrogen (secondary N) is 1. The van der Waals surface area contributed by atoms with Gasteiger partial charge in [-0.1, -0.05) is 13.8 Å². The molecule has 0 amide bonds. The summed E-state index contributed by atoms with van der Waals surface area (Å²) in [7, 11) is 0. The fraction of sp³-hybridized carbons (Fsp3) is 0.600. The van der Waals surface area contributed by atoms with Crippen molar-refractivity contribution in [2.75, 3.05) is 0 Å². The van der Waals surface area contributed by atoms with E-state index in [0.29, 0.717) is 10.8 Å². The summed E-state index contributed by atoms with van der Waals surface area (Å²) in [5.41, 5.74) is -5.44. The predicted octanol–water partition coefficient (Wildman–Crippen LogP) is 0.555. The Kier molecular flexibility index (Phi) is 4.60. The SMILES string of the molecule is CCC1(CC)[C@@H](n2cc(F)c(=O)[nH]c2=O)O[C@@H](C(=O)O)C1(C)C(=O)O. The number of carboxylic acids is 2. The molecular weight excluding hydrogens is 339 g/mol. The third-order valence-electron chi connectivity index (χ3n) is 5.40. The molecule has 2 heterocycles. The van der Waals surface area contributed by atoms with Gasteiger partial charge >= 0.3 is 17.6 Å². The summed E-state index contributed by atoms with van der Waals surface area (Å²) in [6, 6.07) is 0. The minimum atomic E-state index is -1.88. The first-order chi connectivity index (χ1) is 11.6. The highest BCUT2D eigenvalue weighted by molar-refractivity contribution is 5.86. The minimum Gasteiger partial charge on any atom is -0.481 e. The second-order valence-corrected chi connectivity index (χ2v) is 6.22. The van der Waals surface area contributed by atoms with Crippen molar-refractivity contribution in [1.82, 2.24) is 9.55 Å². The quantitative estimate of drug-likeness (QED) is 0.699. The van der Waals surface area contributed by atoms with Gasteiger partial charge in [-0.3, -0.25) is 19.1 Å². The summed E-state index contributed by atoms with van der Waals surface area (Å²) in [5, 5.41) is 19.2. The number of rotatable bonds is 5. The number of halogens is 1. The number of hydrogen-bond donors (Lipinski definition) is 3. The molecular formula is C15H19FN2O7. The van der Waals surface area contributed by atoms with Crippen LogP contribution in [0.15, 0.2) is 15.8 Å². The van der Waals surface area contributed by atoms with Gasteiger partial charge in [0.05, 0.1) is 6.20 Å². The standard InChI is InChI=1S/C15H19FN2O7/c1-4-15(5-2)11(18-6-7(16)9(19)17-13(18)24)25-8(10(20)21)14(15,3)12(22)23/h6,8,11H,4-5H2,1-3H3,(H,20,21)(H,22,23)(H,17,19,24)/t8-,11-,14?/m0/s1. The van der Waals surface area contributed by atoms with Gasteiger partial charge in [-0.2, -0.15) is 4.39 Å².